The van der Waals surface area contributed by atoms with E-state index in [4.69, 9.17) is 19.0 Å². The van der Waals surface area contributed by atoms with Gasteiger partial charge in [0, 0.05) is 24.9 Å². The Labute approximate surface area is 181 Å². The van der Waals surface area contributed by atoms with Gasteiger partial charge in [-0.3, -0.25) is 4.79 Å². The average molecular weight is 422 g/mol. The maximum Gasteiger partial charge on any atom is 0.258 e. The SMILES string of the molecule is COc1ccc(C(=O)N2CCCC[C@H]2c2nc(C)ncc2-c2cc(C)no2)c(OC)c1. The van der Waals surface area contributed by atoms with Crippen molar-refractivity contribution in [2.45, 2.75) is 39.2 Å². The minimum Gasteiger partial charge on any atom is -0.497 e. The molecule has 0 radical (unpaired) electrons. The van der Waals surface area contributed by atoms with Crippen molar-refractivity contribution in [1.82, 2.24) is 20.0 Å². The van der Waals surface area contributed by atoms with Crippen molar-refractivity contribution in [3.63, 3.8) is 0 Å². The van der Waals surface area contributed by atoms with E-state index in [9.17, 15) is 4.79 Å². The van der Waals surface area contributed by atoms with Gasteiger partial charge in [0.2, 0.25) is 0 Å². The first-order chi connectivity index (χ1) is 15.0. The zero-order chi connectivity index (χ0) is 22.0. The highest BCUT2D eigenvalue weighted by atomic mass is 16.5. The highest BCUT2D eigenvalue weighted by Gasteiger charge is 2.33. The van der Waals surface area contributed by atoms with Crippen LogP contribution < -0.4 is 9.47 Å². The molecule has 1 fully saturated rings. The Bertz CT molecular complexity index is 1090. The summed E-state index contributed by atoms with van der Waals surface area (Å²) in [4.78, 5) is 24.6. The highest BCUT2D eigenvalue weighted by Crippen LogP contribution is 2.38. The quantitative estimate of drug-likeness (QED) is 0.610. The van der Waals surface area contributed by atoms with Crippen molar-refractivity contribution in [1.29, 1.82) is 0 Å². The van der Waals surface area contributed by atoms with E-state index in [1.54, 1.807) is 38.6 Å². The average Bonchev–Trinajstić information content (AvgIpc) is 3.24. The Hall–Kier alpha value is -3.42. The lowest BCUT2D eigenvalue weighted by Gasteiger charge is -2.36. The molecule has 1 aliphatic heterocycles. The summed E-state index contributed by atoms with van der Waals surface area (Å²) in [6.07, 6.45) is 4.50. The second kappa shape index (κ2) is 8.75. The number of aromatic nitrogens is 3. The zero-order valence-electron chi connectivity index (χ0n) is 18.2. The molecule has 162 valence electrons. The molecule has 0 spiro atoms. The highest BCUT2D eigenvalue weighted by molar-refractivity contribution is 5.97. The van der Waals surface area contributed by atoms with Crippen LogP contribution in [-0.4, -0.2) is 46.7 Å². The zero-order valence-corrected chi connectivity index (χ0v) is 18.2. The molecule has 31 heavy (non-hydrogen) atoms. The summed E-state index contributed by atoms with van der Waals surface area (Å²) in [5.41, 5.74) is 2.82. The second-order valence-corrected chi connectivity index (χ2v) is 7.63. The molecule has 3 aromatic rings. The number of methoxy groups -OCH3 is 2. The van der Waals surface area contributed by atoms with Crippen LogP contribution in [0.25, 0.3) is 11.3 Å². The Kier molecular flexibility index (Phi) is 5.88. The molecule has 0 saturated carbocycles. The van der Waals surface area contributed by atoms with Gasteiger partial charge in [0.1, 0.15) is 17.3 Å². The molecule has 0 aliphatic carbocycles. The third-order valence-corrected chi connectivity index (χ3v) is 5.55. The predicted molar refractivity (Wildman–Crippen MR) is 114 cm³/mol. The maximum atomic E-state index is 13.6. The van der Waals surface area contributed by atoms with Crippen LogP contribution in [0, 0.1) is 13.8 Å². The summed E-state index contributed by atoms with van der Waals surface area (Å²) in [6.45, 7) is 4.35. The molecule has 1 aromatic carbocycles. The number of benzene rings is 1. The molecule has 1 aliphatic rings. The first kappa shape index (κ1) is 20.8. The van der Waals surface area contributed by atoms with Crippen molar-refractivity contribution >= 4 is 5.91 Å². The van der Waals surface area contributed by atoms with Gasteiger partial charge in [-0.2, -0.15) is 0 Å². The van der Waals surface area contributed by atoms with Gasteiger partial charge in [0.25, 0.3) is 5.91 Å². The molecule has 4 rings (SSSR count). The third-order valence-electron chi connectivity index (χ3n) is 5.55. The Morgan fingerprint density at radius 3 is 2.71 bits per heavy atom. The maximum absolute atomic E-state index is 13.6. The number of carbonyl (C=O) groups excluding carboxylic acids is 1. The summed E-state index contributed by atoms with van der Waals surface area (Å²) in [7, 11) is 3.14. The van der Waals surface area contributed by atoms with Gasteiger partial charge in [-0.1, -0.05) is 5.16 Å². The molecule has 8 heteroatoms. The van der Waals surface area contributed by atoms with Gasteiger partial charge in [-0.15, -0.1) is 0 Å². The molecule has 1 atom stereocenters. The van der Waals surface area contributed by atoms with E-state index in [0.717, 1.165) is 36.2 Å². The van der Waals surface area contributed by atoms with E-state index >= 15 is 0 Å². The van der Waals surface area contributed by atoms with E-state index in [1.807, 2.05) is 24.8 Å². The van der Waals surface area contributed by atoms with Crippen molar-refractivity contribution in [3.05, 3.63) is 53.2 Å². The Balaban J connectivity index is 1.76. The Morgan fingerprint density at radius 1 is 1.16 bits per heavy atom. The summed E-state index contributed by atoms with van der Waals surface area (Å²) < 4.78 is 16.2. The number of rotatable bonds is 5. The number of nitrogens with zero attached hydrogens (tertiary/aromatic N) is 4. The Morgan fingerprint density at radius 2 is 2.00 bits per heavy atom. The molecule has 1 amide bonds. The van der Waals surface area contributed by atoms with Crippen LogP contribution in [0.15, 0.2) is 35.0 Å². The minimum atomic E-state index is -0.199. The summed E-state index contributed by atoms with van der Waals surface area (Å²) in [5.74, 6) is 2.28. The largest absolute Gasteiger partial charge is 0.497 e. The van der Waals surface area contributed by atoms with Crippen molar-refractivity contribution in [2.75, 3.05) is 20.8 Å². The lowest BCUT2D eigenvalue weighted by Crippen LogP contribution is -2.39. The fourth-order valence-electron chi connectivity index (χ4n) is 4.01. The topological polar surface area (TPSA) is 90.6 Å². The van der Waals surface area contributed by atoms with Crippen molar-refractivity contribution < 1.29 is 18.8 Å². The molecule has 0 unspecified atom stereocenters. The first-order valence-corrected chi connectivity index (χ1v) is 10.3. The standard InChI is InChI=1S/C23H26N4O4/c1-14-11-21(31-26-14)18-13-24-15(2)25-22(18)19-7-5-6-10-27(19)23(28)17-9-8-16(29-3)12-20(17)30-4/h8-9,11-13,19H,5-7,10H2,1-4H3/t19-/m0/s1. The molecule has 8 nitrogen and oxygen atoms in total. The van der Waals surface area contributed by atoms with Gasteiger partial charge in [0.05, 0.1) is 42.8 Å². The third kappa shape index (κ3) is 4.10. The number of hydrogen-bond donors (Lipinski definition) is 0. The van der Waals surface area contributed by atoms with Crippen LogP contribution in [0.1, 0.15) is 52.9 Å². The van der Waals surface area contributed by atoms with Crippen LogP contribution in [0.2, 0.25) is 0 Å². The summed E-state index contributed by atoms with van der Waals surface area (Å²) in [6, 6.07) is 6.90. The van der Waals surface area contributed by atoms with Crippen LogP contribution in [0.5, 0.6) is 11.5 Å². The minimum absolute atomic E-state index is 0.0971. The number of carbonyl (C=O) groups is 1. The fourth-order valence-corrected chi connectivity index (χ4v) is 4.01. The monoisotopic (exact) mass is 422 g/mol. The number of likely N-dealkylation sites (tertiary alicyclic amines) is 1. The van der Waals surface area contributed by atoms with E-state index < -0.39 is 0 Å². The molecule has 2 aromatic heterocycles. The molecule has 1 saturated heterocycles. The number of piperidine rings is 1. The normalized spacial score (nSPS) is 16.3. The van der Waals surface area contributed by atoms with Crippen LogP contribution >= 0.6 is 0 Å². The van der Waals surface area contributed by atoms with E-state index in [1.165, 1.54) is 0 Å². The number of hydrogen-bond acceptors (Lipinski definition) is 7. The van der Waals surface area contributed by atoms with Gasteiger partial charge >= 0.3 is 0 Å². The number of aryl methyl sites for hydroxylation is 2. The number of ether oxygens (including phenoxy) is 2. The van der Waals surface area contributed by atoms with Crippen LogP contribution in [0.4, 0.5) is 0 Å². The lowest BCUT2D eigenvalue weighted by atomic mass is 9.94. The molecular formula is C23H26N4O4. The van der Waals surface area contributed by atoms with Crippen molar-refractivity contribution in [3.8, 4) is 22.8 Å². The summed E-state index contributed by atoms with van der Waals surface area (Å²) >= 11 is 0. The number of amides is 1. The fraction of sp³-hybridized carbons (Fsp3) is 0.391. The van der Waals surface area contributed by atoms with E-state index in [0.29, 0.717) is 35.2 Å². The molecular weight excluding hydrogens is 396 g/mol. The van der Waals surface area contributed by atoms with Gasteiger partial charge in [0.15, 0.2) is 5.76 Å². The van der Waals surface area contributed by atoms with Crippen molar-refractivity contribution in [2.24, 2.45) is 0 Å². The smallest absolute Gasteiger partial charge is 0.258 e. The van der Waals surface area contributed by atoms with E-state index in [-0.39, 0.29) is 11.9 Å². The van der Waals surface area contributed by atoms with Gasteiger partial charge in [-0.25, -0.2) is 9.97 Å². The molecule has 0 bridgehead atoms. The first-order valence-electron chi connectivity index (χ1n) is 10.3. The summed E-state index contributed by atoms with van der Waals surface area (Å²) in [5, 5.41) is 4.00. The van der Waals surface area contributed by atoms with Gasteiger partial charge in [-0.05, 0) is 45.2 Å². The van der Waals surface area contributed by atoms with E-state index in [2.05, 4.69) is 10.1 Å². The molecule has 3 heterocycles. The lowest BCUT2D eigenvalue weighted by molar-refractivity contribution is 0.0602. The second-order valence-electron chi connectivity index (χ2n) is 7.63. The van der Waals surface area contributed by atoms with Crippen LogP contribution in [0.3, 0.4) is 0 Å². The van der Waals surface area contributed by atoms with Crippen LogP contribution in [-0.2, 0) is 0 Å². The molecule has 0 N–H and O–H groups in total. The van der Waals surface area contributed by atoms with Gasteiger partial charge < -0.3 is 18.9 Å². The predicted octanol–water partition coefficient (Wildman–Crippen LogP) is 4.13.